The van der Waals surface area contributed by atoms with Gasteiger partial charge in [-0.05, 0) is 29.9 Å². The summed E-state index contributed by atoms with van der Waals surface area (Å²) in [5.41, 5.74) is 0.273. The molecule has 2 aromatic rings. The molecule has 1 saturated heterocycles. The Labute approximate surface area is 138 Å². The molecule has 3 rings (SSSR count). The van der Waals surface area contributed by atoms with E-state index in [1.54, 1.807) is 17.8 Å². The highest BCUT2D eigenvalue weighted by molar-refractivity contribution is 9.10. The fourth-order valence-electron chi connectivity index (χ4n) is 2.47. The van der Waals surface area contributed by atoms with Gasteiger partial charge in [-0.1, -0.05) is 39.7 Å². The monoisotopic (exact) mass is 386 g/mol. The van der Waals surface area contributed by atoms with Crippen LogP contribution in [0.4, 0.5) is 0 Å². The first-order valence-corrected chi connectivity index (χ1v) is 8.78. The fourth-order valence-corrected chi connectivity index (χ4v) is 4.34. The van der Waals surface area contributed by atoms with Gasteiger partial charge in [-0.25, -0.2) is 4.79 Å². The standard InChI is InChI=1S/C14H12BrClN2O2S/c15-9-3-1-2-8(6-9)11-12(16)17-14(20)18(13(11)19)10-4-5-21-7-10/h1-3,6,10H,4-5,7H2,(H,17,20). The van der Waals surface area contributed by atoms with Gasteiger partial charge in [0.25, 0.3) is 5.56 Å². The summed E-state index contributed by atoms with van der Waals surface area (Å²) in [6.45, 7) is 0. The lowest BCUT2D eigenvalue weighted by Crippen LogP contribution is -2.39. The number of halogens is 2. The van der Waals surface area contributed by atoms with Crippen LogP contribution in [0.2, 0.25) is 5.15 Å². The van der Waals surface area contributed by atoms with Crippen molar-refractivity contribution >= 4 is 39.3 Å². The topological polar surface area (TPSA) is 54.9 Å². The van der Waals surface area contributed by atoms with E-state index >= 15 is 0 Å². The molecule has 7 heteroatoms. The normalized spacial score (nSPS) is 18.1. The smallest absolute Gasteiger partial charge is 0.297 e. The molecule has 0 bridgehead atoms. The van der Waals surface area contributed by atoms with Crippen molar-refractivity contribution in [3.05, 3.63) is 54.7 Å². The summed E-state index contributed by atoms with van der Waals surface area (Å²) in [6.07, 6.45) is 0.827. The molecular weight excluding hydrogens is 376 g/mol. The van der Waals surface area contributed by atoms with E-state index in [0.29, 0.717) is 11.1 Å². The molecule has 1 unspecified atom stereocenters. The van der Waals surface area contributed by atoms with Crippen LogP contribution in [0.5, 0.6) is 0 Å². The molecule has 0 aliphatic carbocycles. The van der Waals surface area contributed by atoms with Gasteiger partial charge in [0.1, 0.15) is 5.15 Å². The molecule has 21 heavy (non-hydrogen) atoms. The van der Waals surface area contributed by atoms with Crippen molar-refractivity contribution in [3.8, 4) is 11.1 Å². The summed E-state index contributed by atoms with van der Waals surface area (Å²) < 4.78 is 2.16. The minimum atomic E-state index is -0.434. The molecule has 1 aliphatic heterocycles. The number of H-pyrrole nitrogens is 1. The van der Waals surface area contributed by atoms with Crippen LogP contribution in [-0.4, -0.2) is 21.1 Å². The first kappa shape index (κ1) is 14.9. The van der Waals surface area contributed by atoms with Gasteiger partial charge in [-0.2, -0.15) is 11.8 Å². The first-order valence-electron chi connectivity index (χ1n) is 6.46. The van der Waals surface area contributed by atoms with Crippen LogP contribution >= 0.6 is 39.3 Å². The van der Waals surface area contributed by atoms with Crippen molar-refractivity contribution in [2.45, 2.75) is 12.5 Å². The highest BCUT2D eigenvalue weighted by atomic mass is 79.9. The molecule has 0 radical (unpaired) electrons. The third kappa shape index (κ3) is 2.84. The van der Waals surface area contributed by atoms with E-state index in [9.17, 15) is 9.59 Å². The number of aromatic nitrogens is 2. The predicted molar refractivity (Wildman–Crippen MR) is 90.4 cm³/mol. The Bertz CT molecular complexity index is 796. The van der Waals surface area contributed by atoms with Crippen LogP contribution in [0.25, 0.3) is 11.1 Å². The zero-order valence-corrected chi connectivity index (χ0v) is 14.1. The van der Waals surface area contributed by atoms with E-state index in [0.717, 1.165) is 22.4 Å². The summed E-state index contributed by atoms with van der Waals surface area (Å²) in [5, 5.41) is 0.0880. The molecule has 1 fully saturated rings. The van der Waals surface area contributed by atoms with Gasteiger partial charge in [0.05, 0.1) is 11.6 Å². The van der Waals surface area contributed by atoms with Crippen molar-refractivity contribution in [2.75, 3.05) is 11.5 Å². The SMILES string of the molecule is O=c1[nH]c(Cl)c(-c2cccc(Br)c2)c(=O)n1C1CCSC1. The highest BCUT2D eigenvalue weighted by Gasteiger charge is 2.24. The summed E-state index contributed by atoms with van der Waals surface area (Å²) >= 11 is 11.2. The van der Waals surface area contributed by atoms with Gasteiger partial charge in [-0.3, -0.25) is 14.3 Å². The molecule has 1 N–H and O–H groups in total. The van der Waals surface area contributed by atoms with Gasteiger partial charge in [0, 0.05) is 10.2 Å². The Morgan fingerprint density at radius 1 is 1.38 bits per heavy atom. The minimum absolute atomic E-state index is 0.0607. The van der Waals surface area contributed by atoms with Crippen molar-refractivity contribution in [1.29, 1.82) is 0 Å². The number of benzene rings is 1. The average molecular weight is 388 g/mol. The molecule has 2 heterocycles. The lowest BCUT2D eigenvalue weighted by atomic mass is 10.1. The second-order valence-corrected chi connectivity index (χ2v) is 7.27. The number of thioether (sulfide) groups is 1. The quantitative estimate of drug-likeness (QED) is 0.805. The molecule has 110 valence electrons. The molecule has 0 amide bonds. The lowest BCUT2D eigenvalue weighted by Gasteiger charge is -2.14. The first-order chi connectivity index (χ1) is 10.1. The minimum Gasteiger partial charge on any atom is -0.297 e. The molecule has 1 aromatic carbocycles. The van der Waals surface area contributed by atoms with E-state index in [1.807, 2.05) is 18.2 Å². The van der Waals surface area contributed by atoms with Crippen LogP contribution in [0.3, 0.4) is 0 Å². The van der Waals surface area contributed by atoms with Gasteiger partial charge in [0.15, 0.2) is 0 Å². The zero-order valence-electron chi connectivity index (χ0n) is 10.9. The maximum atomic E-state index is 12.7. The Balaban J connectivity index is 2.24. The number of nitrogens with one attached hydrogen (secondary N) is 1. The lowest BCUT2D eigenvalue weighted by molar-refractivity contribution is 0.515. The summed E-state index contributed by atoms with van der Waals surface area (Å²) in [5.74, 6) is 1.74. The van der Waals surface area contributed by atoms with Crippen molar-refractivity contribution in [2.24, 2.45) is 0 Å². The Morgan fingerprint density at radius 2 is 2.19 bits per heavy atom. The molecule has 1 aromatic heterocycles. The molecule has 4 nitrogen and oxygen atoms in total. The summed E-state index contributed by atoms with van der Waals surface area (Å²) in [6, 6.07) is 7.26. The molecule has 1 atom stereocenters. The second-order valence-electron chi connectivity index (χ2n) is 4.82. The number of aromatic amines is 1. The van der Waals surface area contributed by atoms with E-state index in [-0.39, 0.29) is 16.8 Å². The van der Waals surface area contributed by atoms with Gasteiger partial charge in [-0.15, -0.1) is 0 Å². The number of hydrogen-bond acceptors (Lipinski definition) is 3. The van der Waals surface area contributed by atoms with Crippen LogP contribution in [0.15, 0.2) is 38.3 Å². The van der Waals surface area contributed by atoms with Crippen LogP contribution in [-0.2, 0) is 0 Å². The van der Waals surface area contributed by atoms with E-state index in [2.05, 4.69) is 20.9 Å². The Morgan fingerprint density at radius 3 is 2.86 bits per heavy atom. The van der Waals surface area contributed by atoms with E-state index in [4.69, 9.17) is 11.6 Å². The van der Waals surface area contributed by atoms with Crippen LogP contribution < -0.4 is 11.2 Å². The van der Waals surface area contributed by atoms with Crippen molar-refractivity contribution in [1.82, 2.24) is 9.55 Å². The van der Waals surface area contributed by atoms with Crippen LogP contribution in [0.1, 0.15) is 12.5 Å². The fraction of sp³-hybridized carbons (Fsp3) is 0.286. The van der Waals surface area contributed by atoms with Crippen LogP contribution in [0, 0.1) is 0 Å². The van der Waals surface area contributed by atoms with Gasteiger partial charge in [0.2, 0.25) is 0 Å². The maximum absolute atomic E-state index is 12.7. The Hall–Kier alpha value is -0.980. The number of hydrogen-bond donors (Lipinski definition) is 1. The molecule has 1 aliphatic rings. The van der Waals surface area contributed by atoms with Gasteiger partial charge < -0.3 is 0 Å². The van der Waals surface area contributed by atoms with Crippen molar-refractivity contribution in [3.63, 3.8) is 0 Å². The van der Waals surface area contributed by atoms with Gasteiger partial charge >= 0.3 is 5.69 Å². The number of rotatable bonds is 2. The molecule has 0 spiro atoms. The third-order valence-corrected chi connectivity index (χ3v) is 5.39. The van der Waals surface area contributed by atoms with Crippen molar-refractivity contribution < 1.29 is 0 Å². The highest BCUT2D eigenvalue weighted by Crippen LogP contribution is 2.28. The predicted octanol–water partition coefficient (Wildman–Crippen LogP) is 3.30. The largest absolute Gasteiger partial charge is 0.329 e. The van der Waals surface area contributed by atoms with E-state index in [1.165, 1.54) is 4.57 Å². The Kier molecular flexibility index (Phi) is 4.28. The maximum Gasteiger partial charge on any atom is 0.329 e. The number of nitrogens with zero attached hydrogens (tertiary/aromatic N) is 1. The average Bonchev–Trinajstić information content (AvgIpc) is 2.92. The summed E-state index contributed by atoms with van der Waals surface area (Å²) in [4.78, 5) is 27.4. The third-order valence-electron chi connectivity index (χ3n) is 3.47. The molecule has 0 saturated carbocycles. The summed E-state index contributed by atoms with van der Waals surface area (Å²) in [7, 11) is 0. The zero-order chi connectivity index (χ0) is 15.0. The van der Waals surface area contributed by atoms with E-state index < -0.39 is 5.69 Å². The molecular formula is C14H12BrClN2O2S. The second kappa shape index (κ2) is 6.02.